The lowest BCUT2D eigenvalue weighted by Gasteiger charge is -2.21. The number of amides is 1. The van der Waals surface area contributed by atoms with Crippen molar-refractivity contribution in [1.82, 2.24) is 10.6 Å². The summed E-state index contributed by atoms with van der Waals surface area (Å²) in [6, 6.07) is 7.33. The second-order valence-electron chi connectivity index (χ2n) is 6.97. The summed E-state index contributed by atoms with van der Waals surface area (Å²) >= 11 is 0. The van der Waals surface area contributed by atoms with Gasteiger partial charge in [-0.05, 0) is 37.3 Å². The molecule has 1 aromatic rings. The van der Waals surface area contributed by atoms with Crippen LogP contribution in [-0.4, -0.2) is 65.0 Å². The number of nitrogens with one attached hydrogen (secondary N) is 3. The molecule has 1 heterocycles. The minimum atomic E-state index is -0.104. The van der Waals surface area contributed by atoms with Crippen LogP contribution in [0.1, 0.15) is 26.2 Å². The molecule has 0 radical (unpaired) electrons. The summed E-state index contributed by atoms with van der Waals surface area (Å²) in [4.78, 5) is 15.3. The van der Waals surface area contributed by atoms with Crippen molar-refractivity contribution in [3.05, 3.63) is 24.3 Å². The SMILES string of the molecule is CN=C(NCCCOCC1CCOCC1)NCCOc1cccc(NC(C)=O)c1.I. The number of ether oxygens (including phenoxy) is 3. The topological polar surface area (TPSA) is 93.2 Å². The van der Waals surface area contributed by atoms with Gasteiger partial charge in [0, 0.05) is 58.7 Å². The Balaban J connectivity index is 0.00000450. The van der Waals surface area contributed by atoms with Crippen LogP contribution in [0.4, 0.5) is 5.69 Å². The molecule has 9 heteroatoms. The third kappa shape index (κ3) is 11.6. The molecule has 30 heavy (non-hydrogen) atoms. The predicted octanol–water partition coefficient (Wildman–Crippen LogP) is 2.64. The van der Waals surface area contributed by atoms with Crippen molar-refractivity contribution in [1.29, 1.82) is 0 Å². The standard InChI is InChI=1S/C21H34N4O4.HI/c1-17(26)25-19-5-3-6-20(15-19)29-14-10-24-21(22-2)23-9-4-11-28-16-18-7-12-27-13-8-18;/h3,5-6,15,18H,4,7-14,16H2,1-2H3,(H,25,26)(H2,22,23,24);1H. The molecule has 2 rings (SSSR count). The van der Waals surface area contributed by atoms with E-state index in [9.17, 15) is 4.79 Å². The molecular weight excluding hydrogens is 499 g/mol. The zero-order valence-electron chi connectivity index (χ0n) is 17.9. The number of nitrogens with zero attached hydrogens (tertiary/aromatic N) is 1. The summed E-state index contributed by atoms with van der Waals surface area (Å²) < 4.78 is 16.8. The van der Waals surface area contributed by atoms with Crippen molar-refractivity contribution >= 4 is 41.5 Å². The van der Waals surface area contributed by atoms with E-state index in [1.807, 2.05) is 18.2 Å². The molecule has 0 bridgehead atoms. The van der Waals surface area contributed by atoms with Crippen LogP contribution in [0, 0.1) is 5.92 Å². The van der Waals surface area contributed by atoms with Crippen molar-refractivity contribution in [3.8, 4) is 5.75 Å². The highest BCUT2D eigenvalue weighted by Gasteiger charge is 2.13. The average Bonchev–Trinajstić information content (AvgIpc) is 2.72. The molecule has 0 unspecified atom stereocenters. The highest BCUT2D eigenvalue weighted by atomic mass is 127. The third-order valence-corrected chi connectivity index (χ3v) is 4.49. The van der Waals surface area contributed by atoms with E-state index in [1.54, 1.807) is 13.1 Å². The summed E-state index contributed by atoms with van der Waals surface area (Å²) in [6.45, 7) is 6.68. The Morgan fingerprint density at radius 2 is 1.97 bits per heavy atom. The molecule has 1 aromatic carbocycles. The second-order valence-corrected chi connectivity index (χ2v) is 6.97. The van der Waals surface area contributed by atoms with Gasteiger partial charge in [0.15, 0.2) is 5.96 Å². The number of guanidine groups is 1. The lowest BCUT2D eigenvalue weighted by molar-refractivity contribution is -0.114. The van der Waals surface area contributed by atoms with Gasteiger partial charge in [0.05, 0.1) is 6.54 Å². The van der Waals surface area contributed by atoms with E-state index in [1.165, 1.54) is 6.92 Å². The van der Waals surface area contributed by atoms with E-state index in [0.717, 1.165) is 63.9 Å². The molecule has 8 nitrogen and oxygen atoms in total. The molecule has 1 aliphatic heterocycles. The molecule has 3 N–H and O–H groups in total. The van der Waals surface area contributed by atoms with Crippen LogP contribution >= 0.6 is 24.0 Å². The number of rotatable bonds is 11. The van der Waals surface area contributed by atoms with Gasteiger partial charge in [-0.3, -0.25) is 9.79 Å². The van der Waals surface area contributed by atoms with Gasteiger partial charge in [-0.25, -0.2) is 0 Å². The first kappa shape index (κ1) is 26.4. The molecule has 0 saturated carbocycles. The van der Waals surface area contributed by atoms with E-state index < -0.39 is 0 Å². The number of benzene rings is 1. The molecule has 1 fully saturated rings. The van der Waals surface area contributed by atoms with Gasteiger partial charge < -0.3 is 30.2 Å². The fourth-order valence-corrected chi connectivity index (χ4v) is 2.97. The van der Waals surface area contributed by atoms with Gasteiger partial charge in [0.2, 0.25) is 5.91 Å². The zero-order valence-corrected chi connectivity index (χ0v) is 20.3. The quantitative estimate of drug-likeness (QED) is 0.175. The number of halogens is 1. The van der Waals surface area contributed by atoms with E-state index >= 15 is 0 Å². The fraction of sp³-hybridized carbons (Fsp3) is 0.619. The number of carbonyl (C=O) groups excluding carboxylic acids is 1. The molecule has 0 atom stereocenters. The molecule has 170 valence electrons. The van der Waals surface area contributed by atoms with E-state index in [-0.39, 0.29) is 29.9 Å². The lowest BCUT2D eigenvalue weighted by Crippen LogP contribution is -2.39. The number of hydrogen-bond donors (Lipinski definition) is 3. The number of hydrogen-bond acceptors (Lipinski definition) is 5. The highest BCUT2D eigenvalue weighted by molar-refractivity contribution is 14.0. The largest absolute Gasteiger partial charge is 0.492 e. The Bertz CT molecular complexity index is 639. The van der Waals surface area contributed by atoms with Crippen molar-refractivity contribution in [2.45, 2.75) is 26.2 Å². The van der Waals surface area contributed by atoms with Crippen LogP contribution in [0.25, 0.3) is 0 Å². The Morgan fingerprint density at radius 3 is 2.70 bits per heavy atom. The van der Waals surface area contributed by atoms with Crippen LogP contribution in [0.15, 0.2) is 29.3 Å². The fourth-order valence-electron chi connectivity index (χ4n) is 2.97. The molecule has 1 saturated heterocycles. The predicted molar refractivity (Wildman–Crippen MR) is 130 cm³/mol. The molecule has 0 aliphatic carbocycles. The van der Waals surface area contributed by atoms with Gasteiger partial charge in [-0.2, -0.15) is 0 Å². The number of anilines is 1. The minimum absolute atomic E-state index is 0. The molecular formula is C21H35IN4O4. The summed E-state index contributed by atoms with van der Waals surface area (Å²) in [5.41, 5.74) is 0.722. The Kier molecular flexibility index (Phi) is 14.2. The summed E-state index contributed by atoms with van der Waals surface area (Å²) in [5.74, 6) is 1.99. The van der Waals surface area contributed by atoms with Crippen LogP contribution in [0.3, 0.4) is 0 Å². The van der Waals surface area contributed by atoms with E-state index in [0.29, 0.717) is 24.8 Å². The smallest absolute Gasteiger partial charge is 0.221 e. The van der Waals surface area contributed by atoms with Crippen LogP contribution in [0.5, 0.6) is 5.75 Å². The highest BCUT2D eigenvalue weighted by Crippen LogP contribution is 2.17. The molecule has 1 aliphatic rings. The maximum Gasteiger partial charge on any atom is 0.221 e. The number of aliphatic imine (C=N–C) groups is 1. The zero-order chi connectivity index (χ0) is 20.7. The first-order chi connectivity index (χ1) is 14.2. The van der Waals surface area contributed by atoms with Gasteiger partial charge in [-0.1, -0.05) is 6.07 Å². The van der Waals surface area contributed by atoms with Crippen molar-refractivity contribution in [2.75, 3.05) is 58.5 Å². The Morgan fingerprint density at radius 1 is 1.20 bits per heavy atom. The minimum Gasteiger partial charge on any atom is -0.492 e. The van der Waals surface area contributed by atoms with Crippen LogP contribution in [-0.2, 0) is 14.3 Å². The van der Waals surface area contributed by atoms with Crippen molar-refractivity contribution in [2.24, 2.45) is 10.9 Å². The first-order valence-electron chi connectivity index (χ1n) is 10.3. The van der Waals surface area contributed by atoms with Gasteiger partial charge in [-0.15, -0.1) is 24.0 Å². The van der Waals surface area contributed by atoms with Gasteiger partial charge in [0.1, 0.15) is 12.4 Å². The molecule has 0 spiro atoms. The monoisotopic (exact) mass is 534 g/mol. The molecule has 1 amide bonds. The van der Waals surface area contributed by atoms with Crippen molar-refractivity contribution in [3.63, 3.8) is 0 Å². The van der Waals surface area contributed by atoms with E-state index in [2.05, 4.69) is 20.9 Å². The van der Waals surface area contributed by atoms with Crippen LogP contribution in [0.2, 0.25) is 0 Å². The summed E-state index contributed by atoms with van der Waals surface area (Å²) in [7, 11) is 1.74. The summed E-state index contributed by atoms with van der Waals surface area (Å²) in [5, 5.41) is 9.23. The van der Waals surface area contributed by atoms with Crippen LogP contribution < -0.4 is 20.7 Å². The normalized spacial score (nSPS) is 14.5. The summed E-state index contributed by atoms with van der Waals surface area (Å²) in [6.07, 6.45) is 3.14. The lowest BCUT2D eigenvalue weighted by atomic mass is 10.0. The van der Waals surface area contributed by atoms with Gasteiger partial charge >= 0.3 is 0 Å². The van der Waals surface area contributed by atoms with E-state index in [4.69, 9.17) is 14.2 Å². The Labute approximate surface area is 196 Å². The average molecular weight is 534 g/mol. The first-order valence-corrected chi connectivity index (χ1v) is 10.3. The second kappa shape index (κ2) is 16.1. The maximum atomic E-state index is 11.1. The van der Waals surface area contributed by atoms with Gasteiger partial charge in [0.25, 0.3) is 0 Å². The number of carbonyl (C=O) groups is 1. The maximum absolute atomic E-state index is 11.1. The van der Waals surface area contributed by atoms with Crippen molar-refractivity contribution < 1.29 is 19.0 Å². The third-order valence-electron chi connectivity index (χ3n) is 4.49. The molecule has 0 aromatic heterocycles. The Hall–Kier alpha value is -1.59.